The number of methoxy groups -OCH3 is 1. The summed E-state index contributed by atoms with van der Waals surface area (Å²) in [5.74, 6) is 2.32. The molecular formula is C18H17N3O4S. The second-order valence-corrected chi connectivity index (χ2v) is 6.82. The van der Waals surface area contributed by atoms with Gasteiger partial charge in [-0.15, -0.1) is 11.3 Å². The van der Waals surface area contributed by atoms with Gasteiger partial charge in [-0.3, -0.25) is 4.79 Å². The number of rotatable bonds is 6. The average Bonchev–Trinajstić information content (AvgIpc) is 3.30. The van der Waals surface area contributed by atoms with Gasteiger partial charge in [-0.1, -0.05) is 23.4 Å². The monoisotopic (exact) mass is 371 g/mol. The second-order valence-electron chi connectivity index (χ2n) is 5.87. The lowest BCUT2D eigenvalue weighted by molar-refractivity contribution is -0.138. The summed E-state index contributed by atoms with van der Waals surface area (Å²) in [6.45, 7) is 1.08. The summed E-state index contributed by atoms with van der Waals surface area (Å²) < 4.78 is 16.1. The zero-order chi connectivity index (χ0) is 17.9. The maximum absolute atomic E-state index is 12.3. The van der Waals surface area contributed by atoms with Gasteiger partial charge in [-0.25, -0.2) is 0 Å². The number of aromatic nitrogens is 2. The summed E-state index contributed by atoms with van der Waals surface area (Å²) in [6, 6.07) is 11.1. The number of para-hydroxylation sites is 2. The van der Waals surface area contributed by atoms with E-state index in [0.717, 1.165) is 4.88 Å². The van der Waals surface area contributed by atoms with Gasteiger partial charge < -0.3 is 18.9 Å². The van der Waals surface area contributed by atoms with Crippen molar-refractivity contribution in [3.8, 4) is 22.2 Å². The molecule has 26 heavy (non-hydrogen) atoms. The van der Waals surface area contributed by atoms with Gasteiger partial charge in [-0.2, -0.15) is 4.98 Å². The maximum Gasteiger partial charge on any atom is 0.260 e. The van der Waals surface area contributed by atoms with Crippen molar-refractivity contribution >= 4 is 17.2 Å². The Morgan fingerprint density at radius 3 is 2.81 bits per heavy atom. The molecule has 7 nitrogen and oxygen atoms in total. The van der Waals surface area contributed by atoms with Crippen molar-refractivity contribution in [1.82, 2.24) is 15.0 Å². The predicted octanol–water partition coefficient (Wildman–Crippen LogP) is 2.81. The molecule has 1 aromatic carbocycles. The normalized spacial score (nSPS) is 14.1. The topological polar surface area (TPSA) is 77.7 Å². The minimum absolute atomic E-state index is 0.0304. The van der Waals surface area contributed by atoms with Gasteiger partial charge in [0.15, 0.2) is 18.1 Å². The highest BCUT2D eigenvalue weighted by Crippen LogP contribution is 2.30. The van der Waals surface area contributed by atoms with Gasteiger partial charge in [0.05, 0.1) is 17.9 Å². The number of hydrogen-bond donors (Lipinski definition) is 0. The molecule has 0 N–H and O–H groups in total. The molecule has 0 aliphatic carbocycles. The Morgan fingerprint density at radius 1 is 1.27 bits per heavy atom. The van der Waals surface area contributed by atoms with E-state index in [1.807, 2.05) is 29.6 Å². The molecule has 0 unspecified atom stereocenters. The highest BCUT2D eigenvalue weighted by atomic mass is 32.1. The summed E-state index contributed by atoms with van der Waals surface area (Å²) in [5, 5.41) is 5.98. The van der Waals surface area contributed by atoms with Crippen LogP contribution in [0.15, 0.2) is 46.3 Å². The third-order valence-electron chi connectivity index (χ3n) is 4.19. The molecule has 0 radical (unpaired) electrons. The third kappa shape index (κ3) is 3.28. The summed E-state index contributed by atoms with van der Waals surface area (Å²) >= 11 is 1.56. The van der Waals surface area contributed by atoms with E-state index in [1.54, 1.807) is 35.5 Å². The van der Waals surface area contributed by atoms with Gasteiger partial charge in [0, 0.05) is 13.1 Å². The van der Waals surface area contributed by atoms with Crippen LogP contribution in [0.2, 0.25) is 0 Å². The zero-order valence-corrected chi connectivity index (χ0v) is 14.9. The fourth-order valence-electron chi connectivity index (χ4n) is 2.71. The third-order valence-corrected chi connectivity index (χ3v) is 5.05. The quantitative estimate of drug-likeness (QED) is 0.663. The molecule has 8 heteroatoms. The van der Waals surface area contributed by atoms with Crippen LogP contribution in [0.1, 0.15) is 11.8 Å². The van der Waals surface area contributed by atoms with Crippen LogP contribution < -0.4 is 9.47 Å². The van der Waals surface area contributed by atoms with E-state index in [4.69, 9.17) is 14.0 Å². The molecule has 0 saturated carbocycles. The summed E-state index contributed by atoms with van der Waals surface area (Å²) in [4.78, 5) is 19.4. The van der Waals surface area contributed by atoms with Crippen molar-refractivity contribution < 1.29 is 18.8 Å². The second kappa shape index (κ2) is 7.17. The van der Waals surface area contributed by atoms with E-state index >= 15 is 0 Å². The van der Waals surface area contributed by atoms with Crippen molar-refractivity contribution in [3.63, 3.8) is 0 Å². The van der Waals surface area contributed by atoms with Crippen LogP contribution in [0.25, 0.3) is 10.7 Å². The number of benzene rings is 1. The number of nitrogens with zero attached hydrogens (tertiary/aromatic N) is 3. The van der Waals surface area contributed by atoms with Gasteiger partial charge in [-0.05, 0) is 23.6 Å². The number of carbonyl (C=O) groups excluding carboxylic acids is 1. The molecule has 3 aromatic rings. The first-order chi connectivity index (χ1) is 12.7. The number of carbonyl (C=O) groups is 1. The first kappa shape index (κ1) is 16.6. The number of amides is 1. The molecule has 3 heterocycles. The van der Waals surface area contributed by atoms with Crippen molar-refractivity contribution in [2.45, 2.75) is 5.92 Å². The van der Waals surface area contributed by atoms with E-state index in [2.05, 4.69) is 10.1 Å². The molecule has 2 aromatic heterocycles. The highest BCUT2D eigenvalue weighted by molar-refractivity contribution is 7.13. The first-order valence-corrected chi connectivity index (χ1v) is 9.03. The van der Waals surface area contributed by atoms with Crippen molar-refractivity contribution in [2.75, 3.05) is 26.8 Å². The summed E-state index contributed by atoms with van der Waals surface area (Å²) in [6.07, 6.45) is 0. The van der Waals surface area contributed by atoms with Gasteiger partial charge in [0.25, 0.3) is 5.91 Å². The minimum atomic E-state index is -0.0786. The van der Waals surface area contributed by atoms with Gasteiger partial charge >= 0.3 is 0 Å². The molecule has 1 aliphatic rings. The minimum Gasteiger partial charge on any atom is -0.493 e. The summed E-state index contributed by atoms with van der Waals surface area (Å²) in [7, 11) is 1.57. The number of hydrogen-bond acceptors (Lipinski definition) is 7. The first-order valence-electron chi connectivity index (χ1n) is 8.15. The van der Waals surface area contributed by atoms with E-state index in [0.29, 0.717) is 36.3 Å². The lowest BCUT2D eigenvalue weighted by Gasteiger charge is -2.36. The Kier molecular flexibility index (Phi) is 4.57. The van der Waals surface area contributed by atoms with Crippen LogP contribution in [0.4, 0.5) is 0 Å². The lowest BCUT2D eigenvalue weighted by atomic mass is 10.0. The predicted molar refractivity (Wildman–Crippen MR) is 95.4 cm³/mol. The molecule has 134 valence electrons. The number of ether oxygens (including phenoxy) is 2. The molecule has 1 aliphatic heterocycles. The van der Waals surface area contributed by atoms with Crippen molar-refractivity contribution in [2.24, 2.45) is 0 Å². The van der Waals surface area contributed by atoms with Crippen LogP contribution in [-0.2, 0) is 4.79 Å². The van der Waals surface area contributed by atoms with E-state index in [9.17, 15) is 4.79 Å². The fourth-order valence-corrected chi connectivity index (χ4v) is 3.36. The van der Waals surface area contributed by atoms with Gasteiger partial charge in [0.2, 0.25) is 11.7 Å². The maximum atomic E-state index is 12.3. The smallest absolute Gasteiger partial charge is 0.260 e. The van der Waals surface area contributed by atoms with Crippen LogP contribution in [0, 0.1) is 0 Å². The average molecular weight is 371 g/mol. The molecule has 4 rings (SSSR count). The molecule has 1 fully saturated rings. The molecule has 0 spiro atoms. The standard InChI is InChI=1S/C18H17N3O4S/c1-23-13-5-2-3-6-14(13)24-11-16(22)21-9-12(10-21)18-19-17(20-25-18)15-7-4-8-26-15/h2-8,12H,9-11H2,1H3. The van der Waals surface area contributed by atoms with Crippen LogP contribution in [-0.4, -0.2) is 47.8 Å². The zero-order valence-electron chi connectivity index (χ0n) is 14.1. The van der Waals surface area contributed by atoms with Crippen LogP contribution >= 0.6 is 11.3 Å². The Hall–Kier alpha value is -2.87. The SMILES string of the molecule is COc1ccccc1OCC(=O)N1CC(c2nc(-c3cccs3)no2)C1. The molecule has 1 amide bonds. The Bertz CT molecular complexity index is 887. The number of likely N-dealkylation sites (tertiary alicyclic amines) is 1. The summed E-state index contributed by atoms with van der Waals surface area (Å²) in [5.41, 5.74) is 0. The van der Waals surface area contributed by atoms with E-state index < -0.39 is 0 Å². The molecular weight excluding hydrogens is 354 g/mol. The van der Waals surface area contributed by atoms with E-state index in [-0.39, 0.29) is 18.4 Å². The Labute approximate surface area is 154 Å². The highest BCUT2D eigenvalue weighted by Gasteiger charge is 2.35. The van der Waals surface area contributed by atoms with Gasteiger partial charge in [0.1, 0.15) is 0 Å². The lowest BCUT2D eigenvalue weighted by Crippen LogP contribution is -2.50. The van der Waals surface area contributed by atoms with E-state index in [1.165, 1.54) is 0 Å². The number of thiophene rings is 1. The Morgan fingerprint density at radius 2 is 2.08 bits per heavy atom. The van der Waals surface area contributed by atoms with Crippen LogP contribution in [0.5, 0.6) is 11.5 Å². The molecule has 1 saturated heterocycles. The molecule has 0 atom stereocenters. The van der Waals surface area contributed by atoms with Crippen molar-refractivity contribution in [1.29, 1.82) is 0 Å². The largest absolute Gasteiger partial charge is 0.493 e. The van der Waals surface area contributed by atoms with Crippen LogP contribution in [0.3, 0.4) is 0 Å². The fraction of sp³-hybridized carbons (Fsp3) is 0.278. The Balaban J connectivity index is 1.30. The molecule has 0 bridgehead atoms. The van der Waals surface area contributed by atoms with Crippen molar-refractivity contribution in [3.05, 3.63) is 47.7 Å².